The molecule has 1 aliphatic rings. The van der Waals surface area contributed by atoms with Gasteiger partial charge in [0.1, 0.15) is 17.7 Å². The summed E-state index contributed by atoms with van der Waals surface area (Å²) in [4.78, 5) is 13.9. The summed E-state index contributed by atoms with van der Waals surface area (Å²) in [7, 11) is 0. The van der Waals surface area contributed by atoms with E-state index in [9.17, 15) is 13.6 Å². The van der Waals surface area contributed by atoms with Crippen molar-refractivity contribution in [1.82, 2.24) is 4.90 Å². The molecule has 1 heterocycles. The molecule has 0 saturated carbocycles. The first-order valence-corrected chi connectivity index (χ1v) is 9.15. The Kier molecular flexibility index (Phi) is 6.39. The standard InChI is InChI=1S/C19H17Cl2F2NO3/c20-15-3-2-14(10-16(15)21)26-11-19(25)24-7-5-13(6-8-24)27-18-4-1-12(22)9-17(18)23/h1-4,9-10,13H,5-8,11H2. The van der Waals surface area contributed by atoms with E-state index in [0.717, 1.165) is 12.1 Å². The van der Waals surface area contributed by atoms with E-state index in [0.29, 0.717) is 41.7 Å². The van der Waals surface area contributed by atoms with Crippen molar-refractivity contribution in [3.8, 4) is 11.5 Å². The molecule has 0 aliphatic carbocycles. The maximum Gasteiger partial charge on any atom is 0.260 e. The number of piperidine rings is 1. The van der Waals surface area contributed by atoms with Gasteiger partial charge in [-0.2, -0.15) is 0 Å². The first kappa shape index (κ1) is 19.7. The van der Waals surface area contributed by atoms with Crippen molar-refractivity contribution in [3.05, 3.63) is 58.1 Å². The highest BCUT2D eigenvalue weighted by atomic mass is 35.5. The Hall–Kier alpha value is -2.05. The number of carbonyl (C=O) groups excluding carboxylic acids is 1. The van der Waals surface area contributed by atoms with Crippen molar-refractivity contribution in [3.63, 3.8) is 0 Å². The minimum Gasteiger partial charge on any atom is -0.487 e. The van der Waals surface area contributed by atoms with Gasteiger partial charge in [0.15, 0.2) is 18.2 Å². The number of hydrogen-bond donors (Lipinski definition) is 0. The van der Waals surface area contributed by atoms with Crippen LogP contribution in [0.1, 0.15) is 12.8 Å². The molecular weight excluding hydrogens is 399 g/mol. The Morgan fingerprint density at radius 3 is 2.48 bits per heavy atom. The molecule has 0 spiro atoms. The molecule has 1 fully saturated rings. The maximum absolute atomic E-state index is 13.7. The van der Waals surface area contributed by atoms with E-state index in [1.807, 2.05) is 0 Å². The summed E-state index contributed by atoms with van der Waals surface area (Å²) in [5.41, 5.74) is 0. The van der Waals surface area contributed by atoms with Crippen LogP contribution in [0.4, 0.5) is 8.78 Å². The fourth-order valence-corrected chi connectivity index (χ4v) is 3.06. The van der Waals surface area contributed by atoms with E-state index in [-0.39, 0.29) is 24.4 Å². The second-order valence-electron chi connectivity index (χ2n) is 6.14. The average Bonchev–Trinajstić information content (AvgIpc) is 2.65. The molecule has 144 valence electrons. The summed E-state index contributed by atoms with van der Waals surface area (Å²) in [6.45, 7) is 0.824. The zero-order valence-electron chi connectivity index (χ0n) is 14.3. The van der Waals surface area contributed by atoms with Crippen molar-refractivity contribution >= 4 is 29.1 Å². The normalized spacial score (nSPS) is 14.9. The van der Waals surface area contributed by atoms with Gasteiger partial charge in [0.05, 0.1) is 10.0 Å². The molecule has 4 nitrogen and oxygen atoms in total. The summed E-state index contributed by atoms with van der Waals surface area (Å²) in [5.74, 6) is -1.06. The number of hydrogen-bond acceptors (Lipinski definition) is 3. The van der Waals surface area contributed by atoms with Crippen molar-refractivity contribution in [2.75, 3.05) is 19.7 Å². The van der Waals surface area contributed by atoms with Crippen LogP contribution < -0.4 is 9.47 Å². The van der Waals surface area contributed by atoms with E-state index in [2.05, 4.69) is 0 Å². The summed E-state index contributed by atoms with van der Waals surface area (Å²) in [6.07, 6.45) is 0.870. The van der Waals surface area contributed by atoms with Gasteiger partial charge in [0, 0.05) is 38.1 Å². The third-order valence-corrected chi connectivity index (χ3v) is 4.97. The lowest BCUT2D eigenvalue weighted by molar-refractivity contribution is -0.135. The van der Waals surface area contributed by atoms with Crippen LogP contribution in [0, 0.1) is 11.6 Å². The monoisotopic (exact) mass is 415 g/mol. The highest BCUT2D eigenvalue weighted by molar-refractivity contribution is 6.42. The first-order valence-electron chi connectivity index (χ1n) is 8.39. The quantitative estimate of drug-likeness (QED) is 0.708. The van der Waals surface area contributed by atoms with Gasteiger partial charge >= 0.3 is 0 Å². The summed E-state index contributed by atoms with van der Waals surface area (Å²) < 4.78 is 37.6. The lowest BCUT2D eigenvalue weighted by Crippen LogP contribution is -2.43. The predicted octanol–water partition coefficient (Wildman–Crippen LogP) is 4.72. The largest absolute Gasteiger partial charge is 0.487 e. The van der Waals surface area contributed by atoms with Crippen molar-refractivity contribution in [1.29, 1.82) is 0 Å². The number of likely N-dealkylation sites (tertiary alicyclic amines) is 1. The van der Waals surface area contributed by atoms with Gasteiger partial charge in [0.25, 0.3) is 5.91 Å². The molecule has 0 bridgehead atoms. The molecule has 8 heteroatoms. The molecule has 0 aromatic heterocycles. The number of ether oxygens (including phenoxy) is 2. The SMILES string of the molecule is O=C(COc1ccc(Cl)c(Cl)c1)N1CCC(Oc2ccc(F)cc2F)CC1. The summed E-state index contributed by atoms with van der Waals surface area (Å²) in [5, 5.41) is 0.766. The number of benzene rings is 2. The second kappa shape index (κ2) is 8.76. The first-order chi connectivity index (χ1) is 12.9. The van der Waals surface area contributed by atoms with Gasteiger partial charge in [0.2, 0.25) is 0 Å². The molecule has 27 heavy (non-hydrogen) atoms. The number of carbonyl (C=O) groups is 1. The molecule has 0 radical (unpaired) electrons. The van der Waals surface area contributed by atoms with Crippen LogP contribution in [0.15, 0.2) is 36.4 Å². The van der Waals surface area contributed by atoms with Crippen LogP contribution in [0.3, 0.4) is 0 Å². The van der Waals surface area contributed by atoms with E-state index in [4.69, 9.17) is 32.7 Å². The van der Waals surface area contributed by atoms with Crippen LogP contribution in [0.25, 0.3) is 0 Å². The fraction of sp³-hybridized carbons (Fsp3) is 0.316. The Labute approximate surface area is 165 Å². The molecule has 1 saturated heterocycles. The molecular formula is C19H17Cl2F2NO3. The van der Waals surface area contributed by atoms with Crippen LogP contribution in [0.2, 0.25) is 10.0 Å². The number of amides is 1. The van der Waals surface area contributed by atoms with Gasteiger partial charge in [-0.3, -0.25) is 4.79 Å². The minimum absolute atomic E-state index is 0.0177. The van der Waals surface area contributed by atoms with Gasteiger partial charge < -0.3 is 14.4 Å². The van der Waals surface area contributed by atoms with E-state index in [1.54, 1.807) is 23.1 Å². The zero-order chi connectivity index (χ0) is 19.4. The highest BCUT2D eigenvalue weighted by Gasteiger charge is 2.25. The third kappa shape index (κ3) is 5.23. The summed E-state index contributed by atoms with van der Waals surface area (Å²) >= 11 is 11.7. The van der Waals surface area contributed by atoms with E-state index in [1.165, 1.54) is 6.07 Å². The van der Waals surface area contributed by atoms with Crippen molar-refractivity contribution in [2.24, 2.45) is 0 Å². The van der Waals surface area contributed by atoms with Crippen LogP contribution >= 0.6 is 23.2 Å². The fourth-order valence-electron chi connectivity index (χ4n) is 2.78. The number of halogens is 4. The van der Waals surface area contributed by atoms with Gasteiger partial charge in [-0.05, 0) is 24.3 Å². The third-order valence-electron chi connectivity index (χ3n) is 4.24. The molecule has 0 unspecified atom stereocenters. The Morgan fingerprint density at radius 1 is 1.07 bits per heavy atom. The topological polar surface area (TPSA) is 38.8 Å². The number of nitrogens with zero attached hydrogens (tertiary/aromatic N) is 1. The zero-order valence-corrected chi connectivity index (χ0v) is 15.8. The molecule has 0 N–H and O–H groups in total. The van der Waals surface area contributed by atoms with Crippen LogP contribution in [-0.4, -0.2) is 36.6 Å². The maximum atomic E-state index is 13.7. The molecule has 2 aromatic rings. The molecule has 0 atom stereocenters. The Morgan fingerprint density at radius 2 is 1.81 bits per heavy atom. The molecule has 1 aliphatic heterocycles. The molecule has 2 aromatic carbocycles. The highest BCUT2D eigenvalue weighted by Crippen LogP contribution is 2.26. The Bertz CT molecular complexity index is 827. The van der Waals surface area contributed by atoms with Gasteiger partial charge in [-0.25, -0.2) is 8.78 Å². The lowest BCUT2D eigenvalue weighted by atomic mass is 10.1. The number of rotatable bonds is 5. The molecule has 3 rings (SSSR count). The lowest BCUT2D eigenvalue weighted by Gasteiger charge is -2.32. The van der Waals surface area contributed by atoms with E-state index >= 15 is 0 Å². The van der Waals surface area contributed by atoms with Crippen molar-refractivity contribution in [2.45, 2.75) is 18.9 Å². The smallest absolute Gasteiger partial charge is 0.260 e. The van der Waals surface area contributed by atoms with Crippen molar-refractivity contribution < 1.29 is 23.0 Å². The minimum atomic E-state index is -0.733. The second-order valence-corrected chi connectivity index (χ2v) is 6.95. The summed E-state index contributed by atoms with van der Waals surface area (Å²) in [6, 6.07) is 7.99. The van der Waals surface area contributed by atoms with Crippen LogP contribution in [-0.2, 0) is 4.79 Å². The molecule has 1 amide bonds. The van der Waals surface area contributed by atoms with Gasteiger partial charge in [-0.15, -0.1) is 0 Å². The van der Waals surface area contributed by atoms with Gasteiger partial charge in [-0.1, -0.05) is 23.2 Å². The average molecular weight is 416 g/mol. The van der Waals surface area contributed by atoms with Crippen LogP contribution in [0.5, 0.6) is 11.5 Å². The Balaban J connectivity index is 1.46. The van der Waals surface area contributed by atoms with E-state index < -0.39 is 11.6 Å². The predicted molar refractivity (Wildman–Crippen MR) is 98.5 cm³/mol.